The molecule has 1 aliphatic rings. The monoisotopic (exact) mass is 363 g/mol. The molecule has 1 atom stereocenters. The molecule has 0 aromatic heterocycles. The third-order valence-corrected chi connectivity index (χ3v) is 5.60. The molecule has 2 aromatic carbocycles. The topological polar surface area (TPSA) is 52.3 Å². The van der Waals surface area contributed by atoms with Crippen LogP contribution in [0.15, 0.2) is 51.8 Å². The summed E-state index contributed by atoms with van der Waals surface area (Å²) in [6.07, 6.45) is 0. The van der Waals surface area contributed by atoms with Crippen molar-refractivity contribution in [1.29, 1.82) is 0 Å². The minimum Gasteiger partial charge on any atom is -0.461 e. The number of hydrogen-bond donors (Lipinski definition) is 1. The van der Waals surface area contributed by atoms with Crippen molar-refractivity contribution in [3.05, 3.63) is 58.1 Å². The Labute approximate surface area is 136 Å². The van der Waals surface area contributed by atoms with Crippen LogP contribution in [0.3, 0.4) is 0 Å². The number of thioether (sulfide) groups is 1. The lowest BCUT2D eigenvalue weighted by Gasteiger charge is -2.12. The third kappa shape index (κ3) is 2.94. The molecule has 2 N–H and O–H groups in total. The van der Waals surface area contributed by atoms with Crippen molar-refractivity contribution in [3.63, 3.8) is 0 Å². The van der Waals surface area contributed by atoms with Gasteiger partial charge in [-0.15, -0.1) is 11.8 Å². The largest absolute Gasteiger partial charge is 0.461 e. The Morgan fingerprint density at radius 1 is 1.29 bits per heavy atom. The Bertz CT molecular complexity index is 690. The van der Waals surface area contributed by atoms with E-state index in [1.54, 1.807) is 18.2 Å². The minimum atomic E-state index is -0.344. The molecule has 0 spiro atoms. The molecule has 1 aliphatic heterocycles. The average molecular weight is 364 g/mol. The summed E-state index contributed by atoms with van der Waals surface area (Å²) in [4.78, 5) is 13.5. The van der Waals surface area contributed by atoms with E-state index in [9.17, 15) is 4.79 Å². The lowest BCUT2D eigenvalue weighted by molar-refractivity contribution is 0.0486. The summed E-state index contributed by atoms with van der Waals surface area (Å²) in [5.74, 6) is 0.864. The summed E-state index contributed by atoms with van der Waals surface area (Å²) in [6.45, 7) is 0.393. The molecule has 0 bridgehead atoms. The van der Waals surface area contributed by atoms with Crippen molar-refractivity contribution in [2.75, 3.05) is 18.1 Å². The molecule has 0 amide bonds. The molecule has 3 nitrogen and oxygen atoms in total. The standard InChI is InChI=1S/C16H14BrNO2S/c17-15-12(5-3-6-13(15)18)16(19)20-8-10-9-21-14-7-2-1-4-11(10)14/h1-7,10H,8-9,18H2. The first kappa shape index (κ1) is 14.5. The molecule has 21 heavy (non-hydrogen) atoms. The third-order valence-electron chi connectivity index (χ3n) is 3.46. The number of rotatable bonds is 3. The lowest BCUT2D eigenvalue weighted by Crippen LogP contribution is -2.13. The van der Waals surface area contributed by atoms with Gasteiger partial charge in [0, 0.05) is 22.3 Å². The number of hydrogen-bond acceptors (Lipinski definition) is 4. The number of nitrogen functional groups attached to an aromatic ring is 1. The van der Waals surface area contributed by atoms with E-state index in [2.05, 4.69) is 28.1 Å². The van der Waals surface area contributed by atoms with Crippen LogP contribution in [0.1, 0.15) is 21.8 Å². The highest BCUT2D eigenvalue weighted by molar-refractivity contribution is 9.10. The van der Waals surface area contributed by atoms with E-state index in [-0.39, 0.29) is 11.9 Å². The Morgan fingerprint density at radius 3 is 2.95 bits per heavy atom. The van der Waals surface area contributed by atoms with Crippen LogP contribution >= 0.6 is 27.7 Å². The van der Waals surface area contributed by atoms with Crippen LogP contribution in [0.5, 0.6) is 0 Å². The molecule has 0 fully saturated rings. The van der Waals surface area contributed by atoms with Gasteiger partial charge in [-0.05, 0) is 39.7 Å². The van der Waals surface area contributed by atoms with E-state index in [1.807, 2.05) is 23.9 Å². The zero-order chi connectivity index (χ0) is 14.8. The van der Waals surface area contributed by atoms with Crippen molar-refractivity contribution >= 4 is 39.3 Å². The first-order chi connectivity index (χ1) is 10.2. The Morgan fingerprint density at radius 2 is 2.10 bits per heavy atom. The van der Waals surface area contributed by atoms with E-state index in [0.717, 1.165) is 5.75 Å². The molecule has 108 valence electrons. The second-order valence-corrected chi connectivity index (χ2v) is 6.71. The fourth-order valence-corrected chi connectivity index (χ4v) is 3.99. The van der Waals surface area contributed by atoms with E-state index in [4.69, 9.17) is 10.5 Å². The number of carbonyl (C=O) groups excluding carboxylic acids is 1. The zero-order valence-corrected chi connectivity index (χ0v) is 13.6. The summed E-state index contributed by atoms with van der Waals surface area (Å²) < 4.78 is 6.06. The molecule has 0 saturated heterocycles. The van der Waals surface area contributed by atoms with Gasteiger partial charge in [0.1, 0.15) is 0 Å². The second-order valence-electron chi connectivity index (χ2n) is 4.85. The van der Waals surface area contributed by atoms with E-state index in [1.165, 1.54) is 10.5 Å². The van der Waals surface area contributed by atoms with Crippen LogP contribution in [0.25, 0.3) is 0 Å². The zero-order valence-electron chi connectivity index (χ0n) is 11.2. The number of halogens is 1. The Balaban J connectivity index is 1.69. The molecule has 5 heteroatoms. The van der Waals surface area contributed by atoms with Crippen LogP contribution in [-0.2, 0) is 4.74 Å². The number of benzene rings is 2. The number of anilines is 1. The summed E-state index contributed by atoms with van der Waals surface area (Å²) >= 11 is 5.14. The van der Waals surface area contributed by atoms with E-state index < -0.39 is 0 Å². The SMILES string of the molecule is Nc1cccc(C(=O)OCC2CSc3ccccc32)c1Br. The van der Waals surface area contributed by atoms with Crippen molar-refractivity contribution < 1.29 is 9.53 Å². The summed E-state index contributed by atoms with van der Waals surface area (Å²) in [7, 11) is 0. The Hall–Kier alpha value is -1.46. The van der Waals surface area contributed by atoms with Crippen molar-refractivity contribution in [2.24, 2.45) is 0 Å². The fourth-order valence-electron chi connectivity index (χ4n) is 2.33. The molecule has 3 rings (SSSR count). The first-order valence-electron chi connectivity index (χ1n) is 6.59. The molecule has 0 aliphatic carbocycles. The maximum atomic E-state index is 12.2. The molecular formula is C16H14BrNO2S. The highest BCUT2D eigenvalue weighted by Gasteiger charge is 2.24. The van der Waals surface area contributed by atoms with Crippen LogP contribution < -0.4 is 5.73 Å². The van der Waals surface area contributed by atoms with Gasteiger partial charge in [-0.2, -0.15) is 0 Å². The number of fused-ring (bicyclic) bond motifs is 1. The van der Waals surface area contributed by atoms with Gasteiger partial charge in [-0.25, -0.2) is 4.79 Å². The van der Waals surface area contributed by atoms with Crippen LogP contribution in [-0.4, -0.2) is 18.3 Å². The first-order valence-corrected chi connectivity index (χ1v) is 8.37. The quantitative estimate of drug-likeness (QED) is 0.659. The fraction of sp³-hybridized carbons (Fsp3) is 0.188. The Kier molecular flexibility index (Phi) is 4.22. The number of esters is 1. The van der Waals surface area contributed by atoms with Gasteiger partial charge < -0.3 is 10.5 Å². The summed E-state index contributed by atoms with van der Waals surface area (Å²) in [5, 5.41) is 0. The number of nitrogens with two attached hydrogens (primary N) is 1. The van der Waals surface area contributed by atoms with Gasteiger partial charge in [0.2, 0.25) is 0 Å². The normalized spacial score (nSPS) is 16.5. The van der Waals surface area contributed by atoms with E-state index in [0.29, 0.717) is 22.3 Å². The van der Waals surface area contributed by atoms with Crippen molar-refractivity contribution in [2.45, 2.75) is 10.8 Å². The van der Waals surface area contributed by atoms with Gasteiger partial charge in [0.05, 0.1) is 16.6 Å². The molecule has 0 saturated carbocycles. The number of carbonyl (C=O) groups is 1. The van der Waals surface area contributed by atoms with Gasteiger partial charge >= 0.3 is 5.97 Å². The van der Waals surface area contributed by atoms with E-state index >= 15 is 0 Å². The molecule has 0 radical (unpaired) electrons. The summed E-state index contributed by atoms with van der Waals surface area (Å²) in [6, 6.07) is 13.5. The van der Waals surface area contributed by atoms with Crippen LogP contribution in [0.2, 0.25) is 0 Å². The maximum absolute atomic E-state index is 12.2. The lowest BCUT2D eigenvalue weighted by atomic mass is 10.0. The molecule has 1 heterocycles. The van der Waals surface area contributed by atoms with Crippen molar-refractivity contribution in [3.8, 4) is 0 Å². The average Bonchev–Trinajstić information content (AvgIpc) is 2.91. The van der Waals surface area contributed by atoms with Gasteiger partial charge in [0.15, 0.2) is 0 Å². The highest BCUT2D eigenvalue weighted by Crippen LogP contribution is 2.39. The van der Waals surface area contributed by atoms with Gasteiger partial charge in [0.25, 0.3) is 0 Å². The van der Waals surface area contributed by atoms with Crippen LogP contribution in [0, 0.1) is 0 Å². The predicted octanol–water partition coefficient (Wildman–Crippen LogP) is 4.08. The summed E-state index contributed by atoms with van der Waals surface area (Å²) in [5.41, 5.74) is 8.05. The minimum absolute atomic E-state index is 0.259. The smallest absolute Gasteiger partial charge is 0.339 e. The predicted molar refractivity (Wildman–Crippen MR) is 88.7 cm³/mol. The van der Waals surface area contributed by atoms with Crippen molar-refractivity contribution in [1.82, 2.24) is 0 Å². The molecule has 2 aromatic rings. The molecular weight excluding hydrogens is 350 g/mol. The van der Waals surface area contributed by atoms with Gasteiger partial charge in [-0.1, -0.05) is 24.3 Å². The second kappa shape index (κ2) is 6.12. The highest BCUT2D eigenvalue weighted by atomic mass is 79.9. The van der Waals surface area contributed by atoms with Crippen LogP contribution in [0.4, 0.5) is 5.69 Å². The number of ether oxygens (including phenoxy) is 1. The van der Waals surface area contributed by atoms with Gasteiger partial charge in [-0.3, -0.25) is 0 Å². The maximum Gasteiger partial charge on any atom is 0.339 e. The molecule has 1 unspecified atom stereocenters.